The van der Waals surface area contributed by atoms with Gasteiger partial charge in [-0.15, -0.1) is 0 Å². The van der Waals surface area contributed by atoms with E-state index in [0.29, 0.717) is 0 Å². The Kier molecular flexibility index (Phi) is 2.41. The predicted octanol–water partition coefficient (Wildman–Crippen LogP) is 2.25. The molecule has 0 aliphatic heterocycles. The van der Waals surface area contributed by atoms with Crippen LogP contribution in [0.15, 0.2) is 24.4 Å². The van der Waals surface area contributed by atoms with Gasteiger partial charge in [0.1, 0.15) is 11.0 Å². The summed E-state index contributed by atoms with van der Waals surface area (Å²) in [6.07, 6.45) is 1.73. The zero-order chi connectivity index (χ0) is 10.8. The molecule has 0 fully saturated rings. The Labute approximate surface area is 88.4 Å². The number of anilines is 1. The van der Waals surface area contributed by atoms with Crippen LogP contribution in [0.3, 0.4) is 0 Å². The first-order valence-corrected chi connectivity index (χ1v) is 4.86. The summed E-state index contributed by atoms with van der Waals surface area (Å²) >= 11 is 0. The molecule has 0 spiro atoms. The lowest BCUT2D eigenvalue weighted by atomic mass is 10.2. The second kappa shape index (κ2) is 3.73. The van der Waals surface area contributed by atoms with Gasteiger partial charge in [-0.25, -0.2) is 4.98 Å². The molecule has 0 amide bonds. The van der Waals surface area contributed by atoms with Gasteiger partial charge < -0.3 is 5.32 Å². The maximum absolute atomic E-state index is 4.37. The second-order valence-corrected chi connectivity index (χ2v) is 3.75. The minimum Gasteiger partial charge on any atom is -0.379 e. The van der Waals surface area contributed by atoms with Crippen LogP contribution in [-0.2, 0) is 0 Å². The van der Waals surface area contributed by atoms with Gasteiger partial charge in [-0.3, -0.25) is 5.10 Å². The highest BCUT2D eigenvalue weighted by atomic mass is 15.1. The van der Waals surface area contributed by atoms with Gasteiger partial charge in [-0.05, 0) is 19.9 Å². The monoisotopic (exact) mass is 202 g/mol. The van der Waals surface area contributed by atoms with Crippen molar-refractivity contribution < 1.29 is 0 Å². The average Bonchev–Trinajstić information content (AvgIpc) is 2.61. The van der Waals surface area contributed by atoms with Crippen LogP contribution >= 0.6 is 0 Å². The smallest absolute Gasteiger partial charge is 0.110 e. The number of nitrogens with one attached hydrogen (secondary N) is 2. The molecule has 2 rings (SSSR count). The van der Waals surface area contributed by atoms with Crippen molar-refractivity contribution in [2.45, 2.75) is 13.8 Å². The summed E-state index contributed by atoms with van der Waals surface area (Å²) in [5, 5.41) is 10.2. The Morgan fingerprint density at radius 1 is 1.60 bits per heavy atom. The normalized spacial score (nSPS) is 10.5. The van der Waals surface area contributed by atoms with Crippen LogP contribution in [0.5, 0.6) is 0 Å². The molecule has 0 unspecified atom stereocenters. The van der Waals surface area contributed by atoms with Crippen molar-refractivity contribution >= 4 is 16.7 Å². The SMILES string of the molecule is C=C(C)CNc1cc(C)nc2cn[nH]c12. The number of rotatable bonds is 3. The molecule has 0 bridgehead atoms. The van der Waals surface area contributed by atoms with Crippen LogP contribution in [0.1, 0.15) is 12.6 Å². The Hall–Kier alpha value is -1.84. The van der Waals surface area contributed by atoms with Gasteiger partial charge in [0.15, 0.2) is 0 Å². The molecule has 4 nitrogen and oxygen atoms in total. The molecule has 2 aromatic rings. The fraction of sp³-hybridized carbons (Fsp3) is 0.273. The fourth-order valence-corrected chi connectivity index (χ4v) is 1.45. The number of aryl methyl sites for hydroxylation is 1. The quantitative estimate of drug-likeness (QED) is 0.750. The molecule has 0 aliphatic rings. The molecule has 0 atom stereocenters. The molecule has 4 heteroatoms. The number of H-pyrrole nitrogens is 1. The van der Waals surface area contributed by atoms with Gasteiger partial charge in [-0.1, -0.05) is 12.2 Å². The molecule has 0 saturated heterocycles. The minimum atomic E-state index is 0.761. The summed E-state index contributed by atoms with van der Waals surface area (Å²) in [6, 6.07) is 2.00. The van der Waals surface area contributed by atoms with Gasteiger partial charge in [0, 0.05) is 12.2 Å². The van der Waals surface area contributed by atoms with E-state index in [1.165, 1.54) is 0 Å². The molecular weight excluding hydrogens is 188 g/mol. The zero-order valence-corrected chi connectivity index (χ0v) is 8.96. The third-order valence-corrected chi connectivity index (χ3v) is 2.12. The average molecular weight is 202 g/mol. The van der Waals surface area contributed by atoms with Gasteiger partial charge in [0.2, 0.25) is 0 Å². The van der Waals surface area contributed by atoms with Crippen molar-refractivity contribution in [1.82, 2.24) is 15.2 Å². The predicted molar refractivity (Wildman–Crippen MR) is 61.9 cm³/mol. The number of pyridine rings is 1. The number of fused-ring (bicyclic) bond motifs is 1. The van der Waals surface area contributed by atoms with Crippen molar-refractivity contribution in [3.05, 3.63) is 30.1 Å². The number of aromatic nitrogens is 3. The van der Waals surface area contributed by atoms with Crippen molar-refractivity contribution in [1.29, 1.82) is 0 Å². The summed E-state index contributed by atoms with van der Waals surface area (Å²) in [7, 11) is 0. The van der Waals surface area contributed by atoms with Crippen LogP contribution in [0, 0.1) is 6.92 Å². The van der Waals surface area contributed by atoms with Crippen LogP contribution in [0.4, 0.5) is 5.69 Å². The molecule has 0 saturated carbocycles. The van der Waals surface area contributed by atoms with E-state index in [9.17, 15) is 0 Å². The van der Waals surface area contributed by atoms with Crippen molar-refractivity contribution in [2.75, 3.05) is 11.9 Å². The molecule has 2 heterocycles. The van der Waals surface area contributed by atoms with Crippen molar-refractivity contribution in [3.63, 3.8) is 0 Å². The van der Waals surface area contributed by atoms with E-state index in [-0.39, 0.29) is 0 Å². The number of nitrogens with zero attached hydrogens (tertiary/aromatic N) is 2. The third-order valence-electron chi connectivity index (χ3n) is 2.12. The Bertz CT molecular complexity index is 498. The Morgan fingerprint density at radius 3 is 3.13 bits per heavy atom. The van der Waals surface area contributed by atoms with Gasteiger partial charge in [0.25, 0.3) is 0 Å². The summed E-state index contributed by atoms with van der Waals surface area (Å²) in [6.45, 7) is 8.58. The minimum absolute atomic E-state index is 0.761. The van der Waals surface area contributed by atoms with E-state index in [1.807, 2.05) is 19.9 Å². The van der Waals surface area contributed by atoms with E-state index in [4.69, 9.17) is 0 Å². The van der Waals surface area contributed by atoms with E-state index in [0.717, 1.165) is 34.5 Å². The van der Waals surface area contributed by atoms with E-state index >= 15 is 0 Å². The summed E-state index contributed by atoms with van der Waals surface area (Å²) in [4.78, 5) is 4.37. The summed E-state index contributed by atoms with van der Waals surface area (Å²) in [5.41, 5.74) is 4.93. The molecule has 15 heavy (non-hydrogen) atoms. The lowest BCUT2D eigenvalue weighted by molar-refractivity contribution is 1.11. The molecule has 78 valence electrons. The van der Waals surface area contributed by atoms with E-state index in [2.05, 4.69) is 27.1 Å². The van der Waals surface area contributed by atoms with E-state index < -0.39 is 0 Å². The first kappa shape index (κ1) is 9.71. The number of hydrogen-bond acceptors (Lipinski definition) is 3. The summed E-state index contributed by atoms with van der Waals surface area (Å²) < 4.78 is 0. The maximum atomic E-state index is 4.37. The lowest BCUT2D eigenvalue weighted by Crippen LogP contribution is -2.03. The second-order valence-electron chi connectivity index (χ2n) is 3.75. The molecule has 0 aromatic carbocycles. The van der Waals surface area contributed by atoms with Crippen molar-refractivity contribution in [3.8, 4) is 0 Å². The number of aromatic amines is 1. The molecule has 2 aromatic heterocycles. The standard InChI is InChI=1S/C11H14N4/c1-7(2)5-12-9-4-8(3)14-10-6-13-15-11(9)10/h4,6H,1,5H2,2-3H3,(H,12,14)(H,13,15). The van der Waals surface area contributed by atoms with Crippen LogP contribution < -0.4 is 5.32 Å². The third kappa shape index (κ3) is 1.98. The molecule has 0 radical (unpaired) electrons. The van der Waals surface area contributed by atoms with Gasteiger partial charge >= 0.3 is 0 Å². The first-order chi connectivity index (χ1) is 7.16. The highest BCUT2D eigenvalue weighted by Crippen LogP contribution is 2.20. The zero-order valence-electron chi connectivity index (χ0n) is 8.96. The van der Waals surface area contributed by atoms with Gasteiger partial charge in [0.05, 0.1) is 11.9 Å². The lowest BCUT2D eigenvalue weighted by Gasteiger charge is -2.07. The van der Waals surface area contributed by atoms with Crippen molar-refractivity contribution in [2.24, 2.45) is 0 Å². The Balaban J connectivity index is 2.39. The topological polar surface area (TPSA) is 53.6 Å². The van der Waals surface area contributed by atoms with Crippen LogP contribution in [0.2, 0.25) is 0 Å². The highest BCUT2D eigenvalue weighted by molar-refractivity contribution is 5.87. The molecule has 2 N–H and O–H groups in total. The first-order valence-electron chi connectivity index (χ1n) is 4.86. The van der Waals surface area contributed by atoms with Gasteiger partial charge in [-0.2, -0.15) is 5.10 Å². The molecular formula is C11H14N4. The fourth-order valence-electron chi connectivity index (χ4n) is 1.45. The molecule has 0 aliphatic carbocycles. The maximum Gasteiger partial charge on any atom is 0.110 e. The van der Waals surface area contributed by atoms with Crippen LogP contribution in [-0.4, -0.2) is 21.7 Å². The van der Waals surface area contributed by atoms with Crippen LogP contribution in [0.25, 0.3) is 11.0 Å². The summed E-state index contributed by atoms with van der Waals surface area (Å²) in [5.74, 6) is 0. The highest BCUT2D eigenvalue weighted by Gasteiger charge is 2.04. The Morgan fingerprint density at radius 2 is 2.40 bits per heavy atom. The largest absolute Gasteiger partial charge is 0.379 e. The number of hydrogen-bond donors (Lipinski definition) is 2. The van der Waals surface area contributed by atoms with E-state index in [1.54, 1.807) is 6.20 Å².